The van der Waals surface area contributed by atoms with Gasteiger partial charge in [0.15, 0.2) is 0 Å². The van der Waals surface area contributed by atoms with Gasteiger partial charge in [-0.3, -0.25) is 4.79 Å². The molecule has 0 saturated carbocycles. The smallest absolute Gasteiger partial charge is 0.255 e. The third kappa shape index (κ3) is 3.40. The third-order valence-corrected chi connectivity index (χ3v) is 3.64. The van der Waals surface area contributed by atoms with Crippen molar-refractivity contribution in [1.29, 1.82) is 5.26 Å². The van der Waals surface area contributed by atoms with Gasteiger partial charge in [-0.2, -0.15) is 5.26 Å². The van der Waals surface area contributed by atoms with Crippen molar-refractivity contribution >= 4 is 23.4 Å². The molecule has 2 aromatic carbocycles. The summed E-state index contributed by atoms with van der Waals surface area (Å²) in [6.07, 6.45) is 0. The van der Waals surface area contributed by atoms with Crippen LogP contribution in [0.3, 0.4) is 0 Å². The van der Waals surface area contributed by atoms with Gasteiger partial charge in [0, 0.05) is 16.1 Å². The number of rotatable bonds is 3. The topological polar surface area (TPSA) is 52.9 Å². The van der Waals surface area contributed by atoms with Gasteiger partial charge in [0.2, 0.25) is 0 Å². The Morgan fingerprint density at radius 2 is 1.80 bits per heavy atom. The van der Waals surface area contributed by atoms with Crippen molar-refractivity contribution in [1.82, 2.24) is 0 Å². The maximum Gasteiger partial charge on any atom is 0.255 e. The van der Waals surface area contributed by atoms with Crippen LogP contribution in [-0.2, 0) is 0 Å². The van der Waals surface area contributed by atoms with E-state index in [0.29, 0.717) is 5.56 Å². The normalized spacial score (nSPS) is 9.85. The van der Waals surface area contributed by atoms with E-state index >= 15 is 0 Å². The molecule has 0 aromatic heterocycles. The van der Waals surface area contributed by atoms with Crippen LogP contribution in [0.4, 0.5) is 5.69 Å². The molecule has 0 aliphatic rings. The molecule has 2 aromatic rings. The number of nitrogens with one attached hydrogen (secondary N) is 1. The van der Waals surface area contributed by atoms with Gasteiger partial charge in [-0.15, -0.1) is 0 Å². The fraction of sp³-hybridized carbons (Fsp3) is 0.125. The minimum Gasteiger partial charge on any atom is -0.322 e. The minimum atomic E-state index is -0.131. The zero-order chi connectivity index (χ0) is 14.5. The molecule has 0 bridgehead atoms. The van der Waals surface area contributed by atoms with Crippen molar-refractivity contribution in [2.24, 2.45) is 0 Å². The summed E-state index contributed by atoms with van der Waals surface area (Å²) in [6, 6.07) is 12.8. The second-order valence-electron chi connectivity index (χ2n) is 4.47. The summed E-state index contributed by atoms with van der Waals surface area (Å²) in [7, 11) is 0. The molecule has 4 heteroatoms. The maximum absolute atomic E-state index is 12.1. The molecule has 1 N–H and O–H groups in total. The van der Waals surface area contributed by atoms with Crippen LogP contribution in [0, 0.1) is 24.5 Å². The van der Waals surface area contributed by atoms with Crippen molar-refractivity contribution in [3.8, 4) is 5.40 Å². The van der Waals surface area contributed by atoms with Gasteiger partial charge in [0.05, 0.1) is 0 Å². The van der Waals surface area contributed by atoms with Gasteiger partial charge < -0.3 is 5.32 Å². The number of carbonyl (C=O) groups excluding carboxylic acids is 1. The molecule has 0 fully saturated rings. The first kappa shape index (κ1) is 14.2. The van der Waals surface area contributed by atoms with Crippen LogP contribution in [0.2, 0.25) is 0 Å². The van der Waals surface area contributed by atoms with Crippen molar-refractivity contribution < 1.29 is 4.79 Å². The maximum atomic E-state index is 12.1. The van der Waals surface area contributed by atoms with E-state index in [0.717, 1.165) is 27.9 Å². The van der Waals surface area contributed by atoms with Crippen molar-refractivity contribution in [3.63, 3.8) is 0 Å². The number of amides is 1. The molecule has 100 valence electrons. The zero-order valence-corrected chi connectivity index (χ0v) is 12.1. The van der Waals surface area contributed by atoms with Gasteiger partial charge in [-0.05, 0) is 73.1 Å². The second kappa shape index (κ2) is 6.27. The largest absolute Gasteiger partial charge is 0.322 e. The van der Waals surface area contributed by atoms with Crippen molar-refractivity contribution in [2.45, 2.75) is 18.7 Å². The van der Waals surface area contributed by atoms with Crippen LogP contribution < -0.4 is 5.32 Å². The number of thiocyanates is 1. The van der Waals surface area contributed by atoms with E-state index in [2.05, 4.69) is 5.32 Å². The lowest BCUT2D eigenvalue weighted by atomic mass is 10.1. The fourth-order valence-electron chi connectivity index (χ4n) is 1.74. The molecule has 0 saturated heterocycles. The highest BCUT2D eigenvalue weighted by molar-refractivity contribution is 8.03. The fourth-order valence-corrected chi connectivity index (χ4v) is 2.12. The number of thioether (sulfide) groups is 1. The van der Waals surface area contributed by atoms with Crippen molar-refractivity contribution in [3.05, 3.63) is 59.2 Å². The van der Waals surface area contributed by atoms with E-state index in [1.165, 1.54) is 5.56 Å². The predicted octanol–water partition coefficient (Wildman–Crippen LogP) is 4.13. The third-order valence-electron chi connectivity index (χ3n) is 3.04. The Hall–Kier alpha value is -2.25. The number of benzene rings is 2. The first-order valence-electron chi connectivity index (χ1n) is 6.15. The molecule has 3 nitrogen and oxygen atoms in total. The Morgan fingerprint density at radius 1 is 1.10 bits per heavy atom. The Bertz CT molecular complexity index is 672. The minimum absolute atomic E-state index is 0.131. The monoisotopic (exact) mass is 282 g/mol. The highest BCUT2D eigenvalue weighted by Crippen LogP contribution is 2.19. The summed E-state index contributed by atoms with van der Waals surface area (Å²) in [5, 5.41) is 13.4. The molecule has 0 atom stereocenters. The summed E-state index contributed by atoms with van der Waals surface area (Å²) in [5.41, 5.74) is 3.62. The molecule has 0 aliphatic carbocycles. The number of hydrogen-bond acceptors (Lipinski definition) is 3. The Balaban J connectivity index is 2.11. The molecule has 0 spiro atoms. The van der Waals surface area contributed by atoms with Gasteiger partial charge in [-0.25, -0.2) is 0 Å². The zero-order valence-electron chi connectivity index (χ0n) is 11.3. The van der Waals surface area contributed by atoms with Crippen LogP contribution in [0.5, 0.6) is 0 Å². The lowest BCUT2D eigenvalue weighted by Crippen LogP contribution is -2.12. The van der Waals surface area contributed by atoms with Gasteiger partial charge in [-0.1, -0.05) is 6.07 Å². The number of nitriles is 1. The molecular weight excluding hydrogens is 268 g/mol. The Labute approximate surface area is 122 Å². The number of hydrogen-bond donors (Lipinski definition) is 1. The number of carbonyl (C=O) groups is 1. The lowest BCUT2D eigenvalue weighted by Gasteiger charge is -2.07. The molecular formula is C16H14N2OS. The SMILES string of the molecule is Cc1ccc(C(=O)Nc2ccc(SC#N)cc2)cc1C. The van der Waals surface area contributed by atoms with E-state index in [-0.39, 0.29) is 5.91 Å². The van der Waals surface area contributed by atoms with Crippen LogP contribution in [-0.4, -0.2) is 5.91 Å². The van der Waals surface area contributed by atoms with Crippen molar-refractivity contribution in [2.75, 3.05) is 5.32 Å². The highest BCUT2D eigenvalue weighted by atomic mass is 32.2. The van der Waals surface area contributed by atoms with Gasteiger partial charge in [0.1, 0.15) is 5.40 Å². The summed E-state index contributed by atoms with van der Waals surface area (Å²) in [5.74, 6) is -0.131. The molecule has 0 radical (unpaired) electrons. The average Bonchev–Trinajstić information content (AvgIpc) is 2.44. The average molecular weight is 282 g/mol. The molecule has 0 unspecified atom stereocenters. The summed E-state index contributed by atoms with van der Waals surface area (Å²) in [4.78, 5) is 13.0. The number of nitrogens with zero attached hydrogens (tertiary/aromatic N) is 1. The van der Waals surface area contributed by atoms with Crippen LogP contribution >= 0.6 is 11.8 Å². The van der Waals surface area contributed by atoms with E-state index in [4.69, 9.17) is 5.26 Å². The van der Waals surface area contributed by atoms with Gasteiger partial charge in [0.25, 0.3) is 5.91 Å². The second-order valence-corrected chi connectivity index (χ2v) is 5.33. The van der Waals surface area contributed by atoms with E-state index < -0.39 is 0 Å². The summed E-state index contributed by atoms with van der Waals surface area (Å²) in [6.45, 7) is 4.00. The molecule has 2 rings (SSSR count). The Morgan fingerprint density at radius 3 is 2.40 bits per heavy atom. The number of anilines is 1. The number of aryl methyl sites for hydroxylation is 2. The van der Waals surface area contributed by atoms with Crippen LogP contribution in [0.1, 0.15) is 21.5 Å². The standard InChI is InChI=1S/C16H14N2OS/c1-11-3-4-13(9-12(11)2)16(19)18-14-5-7-15(8-6-14)20-10-17/h3-9H,1-2H3,(H,18,19). The highest BCUT2D eigenvalue weighted by Gasteiger charge is 2.07. The van der Waals surface area contributed by atoms with E-state index in [9.17, 15) is 4.79 Å². The van der Waals surface area contributed by atoms with E-state index in [1.54, 1.807) is 12.1 Å². The quantitative estimate of drug-likeness (QED) is 0.680. The lowest BCUT2D eigenvalue weighted by molar-refractivity contribution is 0.102. The van der Waals surface area contributed by atoms with Crippen LogP contribution in [0.15, 0.2) is 47.4 Å². The van der Waals surface area contributed by atoms with Gasteiger partial charge >= 0.3 is 0 Å². The van der Waals surface area contributed by atoms with E-state index in [1.807, 2.05) is 49.6 Å². The summed E-state index contributed by atoms with van der Waals surface area (Å²) >= 11 is 1.10. The first-order chi connectivity index (χ1) is 9.60. The Kier molecular flexibility index (Phi) is 4.44. The molecule has 0 aliphatic heterocycles. The molecule has 20 heavy (non-hydrogen) atoms. The predicted molar refractivity (Wildman–Crippen MR) is 81.8 cm³/mol. The molecule has 1 amide bonds. The first-order valence-corrected chi connectivity index (χ1v) is 6.96. The summed E-state index contributed by atoms with van der Waals surface area (Å²) < 4.78 is 0. The molecule has 0 heterocycles. The van der Waals surface area contributed by atoms with Crippen LogP contribution in [0.25, 0.3) is 0 Å².